The van der Waals surface area contributed by atoms with E-state index in [0.717, 1.165) is 16.7 Å². The standard InChI is InChI=1S/C13H12BN3O3/c1-7(12(18)16-13-14-8(2)17-20-13)9-3-4-11-10(5-9)15-6-19-11/h3-7H,1-2H3,(H,16,18). The van der Waals surface area contributed by atoms with E-state index in [-0.39, 0.29) is 11.8 Å². The fourth-order valence-corrected chi connectivity index (χ4v) is 1.95. The summed E-state index contributed by atoms with van der Waals surface area (Å²) in [5.74, 6) is -0.146. The number of nitrogens with zero attached hydrogens (tertiary/aromatic N) is 2. The second-order valence-electron chi connectivity index (χ2n) is 4.62. The van der Waals surface area contributed by atoms with Crippen LogP contribution >= 0.6 is 0 Å². The molecule has 0 saturated heterocycles. The Kier molecular flexibility index (Phi) is 3.10. The van der Waals surface area contributed by atoms with Gasteiger partial charge < -0.3 is 0 Å². The van der Waals surface area contributed by atoms with Gasteiger partial charge in [0, 0.05) is 0 Å². The SMILES string of the molecule is Cc1bc(NC(=O)C(C)c2ccc3ocnc3c2)on1. The van der Waals surface area contributed by atoms with Gasteiger partial charge in [-0.15, -0.1) is 0 Å². The van der Waals surface area contributed by atoms with Gasteiger partial charge in [0.1, 0.15) is 0 Å². The third-order valence-corrected chi connectivity index (χ3v) is 3.12. The van der Waals surface area contributed by atoms with Crippen LogP contribution in [0.1, 0.15) is 24.0 Å². The van der Waals surface area contributed by atoms with Crippen molar-refractivity contribution in [2.45, 2.75) is 19.8 Å². The summed E-state index contributed by atoms with van der Waals surface area (Å²) >= 11 is 0. The molecule has 100 valence electrons. The van der Waals surface area contributed by atoms with Gasteiger partial charge in [0.05, 0.1) is 0 Å². The van der Waals surface area contributed by atoms with E-state index in [1.54, 1.807) is 19.9 Å². The summed E-state index contributed by atoms with van der Waals surface area (Å²) in [6, 6.07) is 5.50. The van der Waals surface area contributed by atoms with Gasteiger partial charge in [-0.3, -0.25) is 0 Å². The molecule has 0 aliphatic carbocycles. The Labute approximate surface area is 115 Å². The first-order valence-corrected chi connectivity index (χ1v) is 6.21. The number of rotatable bonds is 3. The second kappa shape index (κ2) is 4.92. The third kappa shape index (κ3) is 2.34. The van der Waals surface area contributed by atoms with Crippen LogP contribution in [0, 0.1) is 6.92 Å². The summed E-state index contributed by atoms with van der Waals surface area (Å²) in [6.45, 7) is 5.28. The monoisotopic (exact) mass is 269 g/mol. The number of hydrogen-bond donors (Lipinski definition) is 1. The molecule has 1 aromatic carbocycles. The Morgan fingerprint density at radius 2 is 2.30 bits per heavy atom. The minimum absolute atomic E-state index is 0.163. The number of hydrogen-bond acceptors (Lipinski definition) is 5. The van der Waals surface area contributed by atoms with E-state index in [9.17, 15) is 4.79 Å². The van der Waals surface area contributed by atoms with Crippen molar-refractivity contribution in [1.82, 2.24) is 10.1 Å². The van der Waals surface area contributed by atoms with E-state index in [4.69, 9.17) is 8.94 Å². The Morgan fingerprint density at radius 1 is 1.45 bits per heavy atom. The van der Waals surface area contributed by atoms with Crippen molar-refractivity contribution in [3.05, 3.63) is 35.7 Å². The number of fused-ring (bicyclic) bond motifs is 1. The average molecular weight is 269 g/mol. The van der Waals surface area contributed by atoms with Gasteiger partial charge >= 0.3 is 114 Å². The van der Waals surface area contributed by atoms with Crippen LogP contribution in [0.5, 0.6) is 0 Å². The van der Waals surface area contributed by atoms with Crippen molar-refractivity contribution in [3.63, 3.8) is 0 Å². The molecule has 0 radical (unpaired) electrons. The van der Waals surface area contributed by atoms with Gasteiger partial charge in [-0.05, 0) is 0 Å². The van der Waals surface area contributed by atoms with Gasteiger partial charge in [-0.25, -0.2) is 0 Å². The maximum absolute atomic E-state index is 12.2. The summed E-state index contributed by atoms with van der Waals surface area (Å²) in [7, 11) is 0. The summed E-state index contributed by atoms with van der Waals surface area (Å²) in [5, 5.41) is 6.41. The molecule has 2 heterocycles. The fraction of sp³-hybridized carbons (Fsp3) is 0.231. The molecule has 0 fully saturated rings. The van der Waals surface area contributed by atoms with E-state index >= 15 is 0 Å². The number of oxazole rings is 1. The van der Waals surface area contributed by atoms with Crippen LogP contribution in [-0.4, -0.2) is 23.0 Å². The van der Waals surface area contributed by atoms with Crippen LogP contribution in [0.25, 0.3) is 11.1 Å². The van der Waals surface area contributed by atoms with Gasteiger partial charge in [-0.1, -0.05) is 0 Å². The first kappa shape index (κ1) is 12.6. The molecule has 1 amide bonds. The van der Waals surface area contributed by atoms with Crippen LogP contribution in [0.3, 0.4) is 0 Å². The minimum atomic E-state index is -0.332. The molecule has 0 bridgehead atoms. The van der Waals surface area contributed by atoms with Crippen molar-refractivity contribution in [3.8, 4) is 0 Å². The first-order chi connectivity index (χ1) is 9.63. The molecule has 20 heavy (non-hydrogen) atoms. The van der Waals surface area contributed by atoms with E-state index in [1.807, 2.05) is 19.1 Å². The average Bonchev–Trinajstić information content (AvgIpc) is 3.05. The summed E-state index contributed by atoms with van der Waals surface area (Å²) < 4.78 is 10.1. The number of amides is 1. The Morgan fingerprint density at radius 3 is 3.05 bits per heavy atom. The Bertz CT molecular complexity index is 765. The molecule has 7 heteroatoms. The van der Waals surface area contributed by atoms with E-state index in [1.165, 1.54) is 6.39 Å². The van der Waals surface area contributed by atoms with Crippen LogP contribution in [0.2, 0.25) is 0 Å². The molecule has 6 nitrogen and oxygen atoms in total. The van der Waals surface area contributed by atoms with Crippen molar-refractivity contribution in [2.75, 3.05) is 5.32 Å². The van der Waals surface area contributed by atoms with Gasteiger partial charge in [-0.2, -0.15) is 0 Å². The van der Waals surface area contributed by atoms with Crippen LogP contribution in [0.15, 0.2) is 33.5 Å². The molecule has 3 aromatic rings. The zero-order valence-electron chi connectivity index (χ0n) is 11.1. The molecule has 3 rings (SSSR count). The maximum atomic E-state index is 12.2. The van der Waals surface area contributed by atoms with Crippen LogP contribution < -0.4 is 5.32 Å². The zero-order valence-corrected chi connectivity index (χ0v) is 11.1. The van der Waals surface area contributed by atoms with Crippen molar-refractivity contribution in [2.24, 2.45) is 0 Å². The number of carbonyl (C=O) groups is 1. The second-order valence-corrected chi connectivity index (χ2v) is 4.62. The van der Waals surface area contributed by atoms with Crippen molar-refractivity contribution >= 4 is 29.7 Å². The molecule has 1 atom stereocenters. The van der Waals surface area contributed by atoms with Gasteiger partial charge in [0.15, 0.2) is 0 Å². The third-order valence-electron chi connectivity index (χ3n) is 3.12. The van der Waals surface area contributed by atoms with Gasteiger partial charge in [0.25, 0.3) is 0 Å². The summed E-state index contributed by atoms with van der Waals surface area (Å²) in [4.78, 5) is 16.2. The Balaban J connectivity index is 1.80. The van der Waals surface area contributed by atoms with Crippen molar-refractivity contribution < 1.29 is 13.7 Å². The molecule has 1 N–H and O–H groups in total. The van der Waals surface area contributed by atoms with E-state index < -0.39 is 0 Å². The number of aryl methyl sites for hydroxylation is 1. The molecular weight excluding hydrogens is 257 g/mol. The van der Waals surface area contributed by atoms with E-state index in [0.29, 0.717) is 11.4 Å². The molecular formula is C13H12BN3O3. The molecule has 0 spiro atoms. The van der Waals surface area contributed by atoms with Gasteiger partial charge in [0.2, 0.25) is 0 Å². The number of nitrogens with one attached hydrogen (secondary N) is 1. The molecule has 0 aliphatic heterocycles. The predicted molar refractivity (Wildman–Crippen MR) is 73.6 cm³/mol. The molecule has 2 aromatic heterocycles. The van der Waals surface area contributed by atoms with Crippen LogP contribution in [0.4, 0.5) is 5.78 Å². The predicted octanol–water partition coefficient (Wildman–Crippen LogP) is 2.20. The molecule has 1 unspecified atom stereocenters. The first-order valence-electron chi connectivity index (χ1n) is 6.21. The number of carbonyl (C=O) groups excluding carboxylic acids is 1. The molecule has 0 aliphatic rings. The van der Waals surface area contributed by atoms with Crippen LogP contribution in [-0.2, 0) is 4.79 Å². The van der Waals surface area contributed by atoms with E-state index in [2.05, 4.69) is 15.5 Å². The molecule has 0 saturated carbocycles. The zero-order chi connectivity index (χ0) is 14.1. The number of anilines is 1. The summed E-state index contributed by atoms with van der Waals surface area (Å²) in [5.41, 5.74) is 3.02. The quantitative estimate of drug-likeness (QED) is 0.788. The number of benzene rings is 1. The van der Waals surface area contributed by atoms with Crippen molar-refractivity contribution in [1.29, 1.82) is 0 Å². The Hall–Kier alpha value is -2.44. The fourth-order valence-electron chi connectivity index (χ4n) is 1.95. The summed E-state index contributed by atoms with van der Waals surface area (Å²) in [6.07, 6.45) is 1.39. The normalized spacial score (nSPS) is 12.3. The number of aromatic nitrogens is 2. The topological polar surface area (TPSA) is 81.2 Å².